The number of anilines is 1. The molecule has 0 bridgehead atoms. The van der Waals surface area contributed by atoms with E-state index in [-0.39, 0.29) is 23.1 Å². The Morgan fingerprint density at radius 3 is 3.00 bits per heavy atom. The number of likely N-dealkylation sites (N-methyl/N-ethyl adjacent to an activating group) is 1. The van der Waals surface area contributed by atoms with Crippen molar-refractivity contribution in [2.45, 2.75) is 13.0 Å². The summed E-state index contributed by atoms with van der Waals surface area (Å²) in [5.41, 5.74) is 0.00608. The SMILES string of the molecule is CCNC(=O)C1COCCN1c1ncc(C(=O)O)cc1Cl. The van der Waals surface area contributed by atoms with Crippen molar-refractivity contribution in [3.8, 4) is 0 Å². The molecule has 2 rings (SSSR count). The van der Waals surface area contributed by atoms with E-state index in [0.29, 0.717) is 25.5 Å². The molecule has 0 radical (unpaired) electrons. The largest absolute Gasteiger partial charge is 0.478 e. The number of rotatable bonds is 4. The van der Waals surface area contributed by atoms with E-state index in [0.717, 1.165) is 0 Å². The quantitative estimate of drug-likeness (QED) is 0.853. The molecule has 1 atom stereocenters. The minimum atomic E-state index is -1.10. The fraction of sp³-hybridized carbons (Fsp3) is 0.462. The number of hydrogen-bond donors (Lipinski definition) is 2. The van der Waals surface area contributed by atoms with Crippen LogP contribution < -0.4 is 10.2 Å². The summed E-state index contributed by atoms with van der Waals surface area (Å²) in [5, 5.41) is 11.9. The van der Waals surface area contributed by atoms with Gasteiger partial charge >= 0.3 is 5.97 Å². The van der Waals surface area contributed by atoms with Crippen molar-refractivity contribution < 1.29 is 19.4 Å². The number of aromatic nitrogens is 1. The zero-order chi connectivity index (χ0) is 15.4. The van der Waals surface area contributed by atoms with Gasteiger partial charge in [-0.15, -0.1) is 0 Å². The summed E-state index contributed by atoms with van der Waals surface area (Å²) in [6.07, 6.45) is 1.23. The van der Waals surface area contributed by atoms with Crippen molar-refractivity contribution in [1.82, 2.24) is 10.3 Å². The first-order chi connectivity index (χ1) is 10.0. The van der Waals surface area contributed by atoms with Gasteiger partial charge in [0.05, 0.1) is 23.8 Å². The Hall–Kier alpha value is -1.86. The van der Waals surface area contributed by atoms with E-state index in [1.54, 1.807) is 4.90 Å². The fourth-order valence-electron chi connectivity index (χ4n) is 2.13. The summed E-state index contributed by atoms with van der Waals surface area (Å²) in [5.74, 6) is -0.878. The van der Waals surface area contributed by atoms with Crippen molar-refractivity contribution in [3.05, 3.63) is 22.8 Å². The molecule has 1 aliphatic heterocycles. The highest BCUT2D eigenvalue weighted by molar-refractivity contribution is 6.33. The maximum Gasteiger partial charge on any atom is 0.337 e. The number of nitrogens with one attached hydrogen (secondary N) is 1. The van der Waals surface area contributed by atoms with Crippen LogP contribution in [-0.4, -0.2) is 54.3 Å². The van der Waals surface area contributed by atoms with E-state index in [1.807, 2.05) is 6.92 Å². The lowest BCUT2D eigenvalue weighted by Crippen LogP contribution is -2.54. The van der Waals surface area contributed by atoms with Gasteiger partial charge < -0.3 is 20.1 Å². The summed E-state index contributed by atoms with van der Waals surface area (Å²) in [6.45, 7) is 3.50. The predicted molar refractivity (Wildman–Crippen MR) is 76.8 cm³/mol. The molecule has 8 heteroatoms. The van der Waals surface area contributed by atoms with Gasteiger partial charge in [-0.25, -0.2) is 9.78 Å². The van der Waals surface area contributed by atoms with Crippen molar-refractivity contribution in [1.29, 1.82) is 0 Å². The van der Waals surface area contributed by atoms with E-state index >= 15 is 0 Å². The van der Waals surface area contributed by atoms with Gasteiger partial charge in [0.25, 0.3) is 0 Å². The summed E-state index contributed by atoms with van der Waals surface area (Å²) >= 11 is 6.11. The van der Waals surface area contributed by atoms with Crippen LogP contribution in [0.1, 0.15) is 17.3 Å². The van der Waals surface area contributed by atoms with Crippen molar-refractivity contribution in [3.63, 3.8) is 0 Å². The van der Waals surface area contributed by atoms with E-state index < -0.39 is 12.0 Å². The van der Waals surface area contributed by atoms with Crippen LogP contribution in [0.3, 0.4) is 0 Å². The van der Waals surface area contributed by atoms with E-state index in [1.165, 1.54) is 12.3 Å². The molecule has 1 aromatic heterocycles. The van der Waals surface area contributed by atoms with Crippen LogP contribution in [0.25, 0.3) is 0 Å². The van der Waals surface area contributed by atoms with Crippen LogP contribution >= 0.6 is 11.6 Å². The van der Waals surface area contributed by atoms with Gasteiger partial charge in [-0.3, -0.25) is 4.79 Å². The molecule has 1 unspecified atom stereocenters. The standard InChI is InChI=1S/C13H16ClN3O4/c1-2-15-12(18)10-7-21-4-3-17(10)11-9(14)5-8(6-16-11)13(19)20/h5-6,10H,2-4,7H2,1H3,(H,15,18)(H,19,20). The van der Waals surface area contributed by atoms with Gasteiger partial charge in [-0.1, -0.05) is 11.6 Å². The molecule has 1 fully saturated rings. The molecular weight excluding hydrogens is 298 g/mol. The highest BCUT2D eigenvalue weighted by Gasteiger charge is 2.31. The molecule has 1 aromatic rings. The minimum absolute atomic E-state index is 0.00608. The third-order valence-corrected chi connectivity index (χ3v) is 3.40. The third-order valence-electron chi connectivity index (χ3n) is 3.12. The number of hydrogen-bond acceptors (Lipinski definition) is 5. The molecule has 1 saturated heterocycles. The van der Waals surface area contributed by atoms with Crippen LogP contribution in [0.5, 0.6) is 0 Å². The van der Waals surface area contributed by atoms with Crippen molar-refractivity contribution in [2.24, 2.45) is 0 Å². The molecular formula is C13H16ClN3O4. The Morgan fingerprint density at radius 1 is 1.62 bits per heavy atom. The molecule has 1 aliphatic rings. The zero-order valence-corrected chi connectivity index (χ0v) is 12.3. The Balaban J connectivity index is 2.29. The molecule has 0 saturated carbocycles. The Bertz CT molecular complexity index is 552. The number of ether oxygens (including phenoxy) is 1. The third kappa shape index (κ3) is 3.43. The second-order valence-corrected chi connectivity index (χ2v) is 4.92. The number of carbonyl (C=O) groups excluding carboxylic acids is 1. The number of carbonyl (C=O) groups is 2. The number of morpholine rings is 1. The average Bonchev–Trinajstić information content (AvgIpc) is 2.47. The monoisotopic (exact) mass is 313 g/mol. The number of pyridine rings is 1. The van der Waals surface area contributed by atoms with Crippen molar-refractivity contribution >= 4 is 29.3 Å². The molecule has 1 amide bonds. The van der Waals surface area contributed by atoms with Crippen LogP contribution in [0.4, 0.5) is 5.82 Å². The second kappa shape index (κ2) is 6.73. The number of carboxylic acid groups (broad SMARTS) is 1. The predicted octanol–water partition coefficient (Wildman–Crippen LogP) is 0.775. The van der Waals surface area contributed by atoms with Crippen LogP contribution in [0.15, 0.2) is 12.3 Å². The van der Waals surface area contributed by atoms with Gasteiger partial charge in [0, 0.05) is 19.3 Å². The summed E-state index contributed by atoms with van der Waals surface area (Å²) in [4.78, 5) is 28.8. The van der Waals surface area contributed by atoms with E-state index in [4.69, 9.17) is 21.4 Å². The Morgan fingerprint density at radius 2 is 2.38 bits per heavy atom. The summed E-state index contributed by atoms with van der Waals surface area (Å²) in [6, 6.07) is 0.801. The van der Waals surface area contributed by atoms with Gasteiger partial charge in [0.15, 0.2) is 0 Å². The molecule has 7 nitrogen and oxygen atoms in total. The van der Waals surface area contributed by atoms with Crippen LogP contribution in [-0.2, 0) is 9.53 Å². The van der Waals surface area contributed by atoms with Crippen LogP contribution in [0, 0.1) is 0 Å². The maximum atomic E-state index is 12.1. The first kappa shape index (κ1) is 15.5. The lowest BCUT2D eigenvalue weighted by atomic mass is 10.2. The summed E-state index contributed by atoms with van der Waals surface area (Å²) in [7, 11) is 0. The first-order valence-electron chi connectivity index (χ1n) is 6.55. The molecule has 0 spiro atoms. The number of halogens is 1. The zero-order valence-electron chi connectivity index (χ0n) is 11.5. The fourth-order valence-corrected chi connectivity index (χ4v) is 2.40. The Kier molecular flexibility index (Phi) is 4.98. The van der Waals surface area contributed by atoms with E-state index in [2.05, 4.69) is 10.3 Å². The molecule has 2 heterocycles. The molecule has 114 valence electrons. The lowest BCUT2D eigenvalue weighted by molar-refractivity contribution is -0.124. The van der Waals surface area contributed by atoms with Gasteiger partial charge in [-0.05, 0) is 13.0 Å². The lowest BCUT2D eigenvalue weighted by Gasteiger charge is -2.35. The average molecular weight is 314 g/mol. The minimum Gasteiger partial charge on any atom is -0.478 e. The molecule has 2 N–H and O–H groups in total. The normalized spacial score (nSPS) is 18.4. The van der Waals surface area contributed by atoms with Gasteiger partial charge in [0.1, 0.15) is 11.9 Å². The number of nitrogens with zero attached hydrogens (tertiary/aromatic N) is 2. The second-order valence-electron chi connectivity index (χ2n) is 4.51. The first-order valence-corrected chi connectivity index (χ1v) is 6.93. The topological polar surface area (TPSA) is 91.8 Å². The highest BCUT2D eigenvalue weighted by Crippen LogP contribution is 2.27. The number of carboxylic acids is 1. The molecule has 0 aliphatic carbocycles. The van der Waals surface area contributed by atoms with E-state index in [9.17, 15) is 9.59 Å². The summed E-state index contributed by atoms with van der Waals surface area (Å²) < 4.78 is 5.34. The van der Waals surface area contributed by atoms with Crippen molar-refractivity contribution in [2.75, 3.05) is 31.2 Å². The Labute approximate surface area is 126 Å². The molecule has 21 heavy (non-hydrogen) atoms. The van der Waals surface area contributed by atoms with Gasteiger partial charge in [0.2, 0.25) is 5.91 Å². The van der Waals surface area contributed by atoms with Gasteiger partial charge in [-0.2, -0.15) is 0 Å². The molecule has 0 aromatic carbocycles. The number of aromatic carboxylic acids is 1. The highest BCUT2D eigenvalue weighted by atomic mass is 35.5. The van der Waals surface area contributed by atoms with Crippen LogP contribution in [0.2, 0.25) is 5.02 Å². The number of amides is 1. The maximum absolute atomic E-state index is 12.1. The smallest absolute Gasteiger partial charge is 0.337 e.